The summed E-state index contributed by atoms with van der Waals surface area (Å²) in [6.45, 7) is 1.20. The molecule has 0 unspecified atom stereocenters. The number of hydrazine groups is 1. The number of carbonyl (C=O) groups is 3. The van der Waals surface area contributed by atoms with Crippen LogP contribution >= 0.6 is 0 Å². The number of hydrogen-bond donors (Lipinski definition) is 1. The van der Waals surface area contributed by atoms with E-state index in [4.69, 9.17) is 0 Å². The van der Waals surface area contributed by atoms with Gasteiger partial charge in [0.15, 0.2) is 0 Å². The van der Waals surface area contributed by atoms with Crippen molar-refractivity contribution in [3.63, 3.8) is 0 Å². The number of carbonyl (C=O) groups excluding carboxylic acids is 3. The molecule has 0 fully saturated rings. The van der Waals surface area contributed by atoms with Gasteiger partial charge in [0.25, 0.3) is 21.6 Å². The molecule has 1 aliphatic heterocycles. The first-order valence-electron chi connectivity index (χ1n) is 5.39. The standard InChI is InChI=1S/C11H9N3O5S/c1-7-9(15)10(16)11(17)14(12-7)13-20(18,19)8-5-3-2-4-6-8/h2-6,13H,1H3. The molecular weight excluding hydrogens is 286 g/mol. The van der Waals surface area contributed by atoms with Crippen molar-refractivity contribution in [2.45, 2.75) is 11.8 Å². The minimum atomic E-state index is -4.07. The highest BCUT2D eigenvalue weighted by Gasteiger charge is 2.37. The summed E-state index contributed by atoms with van der Waals surface area (Å²) in [7, 11) is -4.07. The SMILES string of the molecule is CC1=NN(NS(=O)(=O)c2ccccc2)C(=O)C(=O)C1=O. The van der Waals surface area contributed by atoms with Gasteiger partial charge in [-0.25, -0.2) is 8.42 Å². The molecule has 0 aromatic heterocycles. The number of nitrogens with zero attached hydrogens (tertiary/aromatic N) is 2. The molecule has 1 amide bonds. The maximum Gasteiger partial charge on any atom is 0.334 e. The zero-order valence-electron chi connectivity index (χ0n) is 10.2. The van der Waals surface area contributed by atoms with E-state index in [1.165, 1.54) is 31.2 Å². The van der Waals surface area contributed by atoms with E-state index in [1.807, 2.05) is 4.83 Å². The molecule has 0 bridgehead atoms. The molecular formula is C11H9N3O5S. The van der Waals surface area contributed by atoms with E-state index < -0.39 is 27.5 Å². The highest BCUT2D eigenvalue weighted by Crippen LogP contribution is 2.10. The minimum Gasteiger partial charge on any atom is -0.283 e. The van der Waals surface area contributed by atoms with E-state index in [0.29, 0.717) is 0 Å². The zero-order valence-corrected chi connectivity index (χ0v) is 11.0. The summed E-state index contributed by atoms with van der Waals surface area (Å²) >= 11 is 0. The van der Waals surface area contributed by atoms with Gasteiger partial charge in [-0.15, -0.1) is 5.12 Å². The van der Waals surface area contributed by atoms with E-state index in [-0.39, 0.29) is 15.7 Å². The summed E-state index contributed by atoms with van der Waals surface area (Å²) in [5.74, 6) is -3.74. The fourth-order valence-corrected chi connectivity index (χ4v) is 2.40. The molecule has 2 rings (SSSR count). The molecule has 104 valence electrons. The van der Waals surface area contributed by atoms with E-state index >= 15 is 0 Å². The largest absolute Gasteiger partial charge is 0.334 e. The van der Waals surface area contributed by atoms with Crippen LogP contribution < -0.4 is 4.83 Å². The van der Waals surface area contributed by atoms with Crippen molar-refractivity contribution in [1.29, 1.82) is 0 Å². The Morgan fingerprint density at radius 1 is 1.05 bits per heavy atom. The monoisotopic (exact) mass is 295 g/mol. The summed E-state index contributed by atoms with van der Waals surface area (Å²) in [6, 6.07) is 7.22. The van der Waals surface area contributed by atoms with Gasteiger partial charge in [0.2, 0.25) is 0 Å². The lowest BCUT2D eigenvalue weighted by Crippen LogP contribution is -2.52. The third kappa shape index (κ3) is 2.49. The first-order valence-corrected chi connectivity index (χ1v) is 6.87. The summed E-state index contributed by atoms with van der Waals surface area (Å²) in [6.07, 6.45) is 0. The summed E-state index contributed by atoms with van der Waals surface area (Å²) in [5.41, 5.74) is -0.273. The first kappa shape index (κ1) is 14.0. The van der Waals surface area contributed by atoms with Gasteiger partial charge in [0.05, 0.1) is 4.90 Å². The topological polar surface area (TPSA) is 113 Å². The number of Topliss-reactive ketones (excluding diaryl/α,β-unsaturated/α-hetero) is 2. The average molecular weight is 295 g/mol. The number of hydrogen-bond acceptors (Lipinski definition) is 6. The molecule has 9 heteroatoms. The average Bonchev–Trinajstić information content (AvgIpc) is 2.43. The molecule has 0 saturated carbocycles. The van der Waals surface area contributed by atoms with Gasteiger partial charge in [-0.3, -0.25) is 14.4 Å². The van der Waals surface area contributed by atoms with Gasteiger partial charge >= 0.3 is 5.91 Å². The number of amides is 1. The molecule has 0 aliphatic carbocycles. The lowest BCUT2D eigenvalue weighted by molar-refractivity contribution is -0.150. The molecule has 0 saturated heterocycles. The highest BCUT2D eigenvalue weighted by molar-refractivity contribution is 7.89. The quantitative estimate of drug-likeness (QED) is 0.736. The Kier molecular flexibility index (Phi) is 3.47. The minimum absolute atomic E-state index is 0.106. The zero-order chi connectivity index (χ0) is 14.9. The normalized spacial score (nSPS) is 16.4. The Morgan fingerprint density at radius 3 is 2.25 bits per heavy atom. The smallest absolute Gasteiger partial charge is 0.283 e. The third-order valence-corrected chi connectivity index (χ3v) is 3.74. The second kappa shape index (κ2) is 4.94. The molecule has 0 radical (unpaired) electrons. The number of ketones is 2. The number of rotatable bonds is 3. The lowest BCUT2D eigenvalue weighted by atomic mass is 10.1. The van der Waals surface area contributed by atoms with E-state index in [9.17, 15) is 22.8 Å². The lowest BCUT2D eigenvalue weighted by Gasteiger charge is -2.20. The van der Waals surface area contributed by atoms with Crippen LogP contribution in [0.2, 0.25) is 0 Å². The van der Waals surface area contributed by atoms with Gasteiger partial charge < -0.3 is 0 Å². The molecule has 20 heavy (non-hydrogen) atoms. The van der Waals surface area contributed by atoms with Gasteiger partial charge in [-0.05, 0) is 19.1 Å². The first-order chi connectivity index (χ1) is 9.33. The summed E-state index contributed by atoms with van der Waals surface area (Å²) in [4.78, 5) is 35.8. The molecule has 1 heterocycles. The van der Waals surface area contributed by atoms with Crippen molar-refractivity contribution in [1.82, 2.24) is 9.95 Å². The predicted octanol–water partition coefficient (Wildman–Crippen LogP) is -0.764. The van der Waals surface area contributed by atoms with Crippen molar-refractivity contribution in [3.05, 3.63) is 30.3 Å². The van der Waals surface area contributed by atoms with Gasteiger partial charge in [-0.2, -0.15) is 5.10 Å². The van der Waals surface area contributed by atoms with Crippen molar-refractivity contribution >= 4 is 33.2 Å². The molecule has 1 N–H and O–H groups in total. The van der Waals surface area contributed by atoms with Gasteiger partial charge in [-0.1, -0.05) is 23.0 Å². The predicted molar refractivity (Wildman–Crippen MR) is 66.7 cm³/mol. The molecule has 0 spiro atoms. The van der Waals surface area contributed by atoms with Crippen molar-refractivity contribution < 1.29 is 22.8 Å². The van der Waals surface area contributed by atoms with Crippen LogP contribution in [0, 0.1) is 0 Å². The van der Waals surface area contributed by atoms with Crippen LogP contribution in [0.5, 0.6) is 0 Å². The van der Waals surface area contributed by atoms with Crippen molar-refractivity contribution in [2.24, 2.45) is 5.10 Å². The Bertz CT molecular complexity index is 724. The summed E-state index contributed by atoms with van der Waals surface area (Å²) in [5, 5.41) is 3.70. The number of hydrazone groups is 1. The summed E-state index contributed by atoms with van der Waals surface area (Å²) < 4.78 is 23.9. The van der Waals surface area contributed by atoms with Gasteiger partial charge in [0, 0.05) is 0 Å². The maximum absolute atomic E-state index is 12.0. The Labute approximate surface area is 114 Å². The van der Waals surface area contributed by atoms with Crippen LogP contribution in [0.3, 0.4) is 0 Å². The van der Waals surface area contributed by atoms with Crippen LogP contribution in [0.1, 0.15) is 6.92 Å². The fraction of sp³-hybridized carbons (Fsp3) is 0.0909. The Balaban J connectivity index is 2.33. The van der Waals surface area contributed by atoms with Crippen LogP contribution in [0.15, 0.2) is 40.3 Å². The molecule has 1 aromatic rings. The number of nitrogens with one attached hydrogen (secondary N) is 1. The fourth-order valence-electron chi connectivity index (χ4n) is 1.43. The van der Waals surface area contributed by atoms with E-state index in [1.54, 1.807) is 6.07 Å². The number of sulfonamides is 1. The van der Waals surface area contributed by atoms with Gasteiger partial charge in [0.1, 0.15) is 5.71 Å². The second-order valence-electron chi connectivity index (χ2n) is 3.87. The van der Waals surface area contributed by atoms with Crippen molar-refractivity contribution in [2.75, 3.05) is 0 Å². The number of benzene rings is 1. The van der Waals surface area contributed by atoms with Crippen molar-refractivity contribution in [3.8, 4) is 0 Å². The van der Waals surface area contributed by atoms with E-state index in [2.05, 4.69) is 5.10 Å². The van der Waals surface area contributed by atoms with Crippen LogP contribution in [0.25, 0.3) is 0 Å². The maximum atomic E-state index is 12.0. The van der Waals surface area contributed by atoms with Crippen LogP contribution in [0.4, 0.5) is 0 Å². The molecule has 1 aromatic carbocycles. The molecule has 8 nitrogen and oxygen atoms in total. The Morgan fingerprint density at radius 2 is 1.65 bits per heavy atom. The highest BCUT2D eigenvalue weighted by atomic mass is 32.2. The third-order valence-electron chi connectivity index (χ3n) is 2.43. The second-order valence-corrected chi connectivity index (χ2v) is 5.53. The Hall–Kier alpha value is -2.39. The molecule has 0 atom stereocenters. The van der Waals surface area contributed by atoms with E-state index in [0.717, 1.165) is 0 Å². The molecule has 1 aliphatic rings. The van der Waals surface area contributed by atoms with Crippen LogP contribution in [-0.4, -0.2) is 36.7 Å². The van der Waals surface area contributed by atoms with Crippen LogP contribution in [-0.2, 0) is 24.4 Å².